The van der Waals surface area contributed by atoms with Gasteiger partial charge in [-0.05, 0) is 36.3 Å². The van der Waals surface area contributed by atoms with Gasteiger partial charge in [0.15, 0.2) is 0 Å². The first-order valence-corrected chi connectivity index (χ1v) is 11.7. The summed E-state index contributed by atoms with van der Waals surface area (Å²) in [6.07, 6.45) is 5.72. The summed E-state index contributed by atoms with van der Waals surface area (Å²) < 4.78 is 6.58. The molecule has 0 N–H and O–H groups in total. The lowest BCUT2D eigenvalue weighted by Crippen LogP contribution is -2.42. The van der Waals surface area contributed by atoms with E-state index >= 15 is 0 Å². The smallest absolute Gasteiger partial charge is 0.264 e. The van der Waals surface area contributed by atoms with Crippen molar-refractivity contribution in [2.75, 3.05) is 32.8 Å². The van der Waals surface area contributed by atoms with Crippen molar-refractivity contribution in [3.63, 3.8) is 0 Å². The number of rotatable bonds is 4. The van der Waals surface area contributed by atoms with Crippen LogP contribution in [0.15, 0.2) is 24.3 Å². The van der Waals surface area contributed by atoms with Crippen molar-refractivity contribution >= 4 is 33.2 Å². The molecule has 2 aliphatic heterocycles. The third-order valence-corrected chi connectivity index (χ3v) is 7.33. The average Bonchev–Trinajstić information content (AvgIpc) is 2.96. The molecule has 156 valence electrons. The topological polar surface area (TPSA) is 49.9 Å². The maximum Gasteiger partial charge on any atom is 0.264 e. The first kappa shape index (κ1) is 20.4. The lowest BCUT2D eigenvalue weighted by atomic mass is 9.97. The number of thiophene rings is 1. The van der Waals surface area contributed by atoms with Gasteiger partial charge in [0.25, 0.3) is 5.91 Å². The second-order valence-corrected chi connectivity index (χ2v) is 9.01. The number of ether oxygens (including phenoxy) is 1. The standard InChI is InChI=1S/C23H30N2O3S/c1-2-21(26)25-11-7-3-4-8-17(25)16-19-18-9-5-6-10-20(18)29-22(19)23(27)24-12-14-28-15-13-24/h5-6,9-10,17H,2-4,7-8,11-16H2,1H3/t17-/m0/s1. The van der Waals surface area contributed by atoms with E-state index < -0.39 is 0 Å². The van der Waals surface area contributed by atoms with Crippen LogP contribution in [-0.4, -0.2) is 60.5 Å². The summed E-state index contributed by atoms with van der Waals surface area (Å²) >= 11 is 1.60. The Balaban J connectivity index is 1.69. The summed E-state index contributed by atoms with van der Waals surface area (Å²) in [5, 5.41) is 1.17. The van der Waals surface area contributed by atoms with Gasteiger partial charge in [-0.25, -0.2) is 0 Å². The van der Waals surface area contributed by atoms with Gasteiger partial charge in [-0.1, -0.05) is 38.0 Å². The maximum atomic E-state index is 13.4. The molecule has 0 spiro atoms. The Morgan fingerprint density at radius 1 is 1.10 bits per heavy atom. The first-order chi connectivity index (χ1) is 14.2. The van der Waals surface area contributed by atoms with Crippen LogP contribution in [0.5, 0.6) is 0 Å². The molecule has 0 aliphatic carbocycles. The van der Waals surface area contributed by atoms with E-state index in [0.29, 0.717) is 32.7 Å². The van der Waals surface area contributed by atoms with Crippen molar-refractivity contribution in [3.05, 3.63) is 34.7 Å². The van der Waals surface area contributed by atoms with E-state index in [-0.39, 0.29) is 17.9 Å². The molecular formula is C23H30N2O3S. The average molecular weight is 415 g/mol. The van der Waals surface area contributed by atoms with Crippen molar-refractivity contribution in [1.82, 2.24) is 9.80 Å². The molecule has 4 rings (SSSR count). The van der Waals surface area contributed by atoms with Crippen LogP contribution in [0.25, 0.3) is 10.1 Å². The van der Waals surface area contributed by atoms with Crippen LogP contribution in [0.4, 0.5) is 0 Å². The number of carbonyl (C=O) groups excluding carboxylic acids is 2. The van der Waals surface area contributed by atoms with E-state index in [1.54, 1.807) is 11.3 Å². The third kappa shape index (κ3) is 4.33. The molecule has 2 fully saturated rings. The van der Waals surface area contributed by atoms with Gasteiger partial charge < -0.3 is 14.5 Å². The molecular weight excluding hydrogens is 384 g/mol. The van der Waals surface area contributed by atoms with Crippen LogP contribution in [0.2, 0.25) is 0 Å². The summed E-state index contributed by atoms with van der Waals surface area (Å²) in [5.74, 6) is 0.351. The van der Waals surface area contributed by atoms with Crippen molar-refractivity contribution in [2.45, 2.75) is 51.5 Å². The number of morpholine rings is 1. The predicted molar refractivity (Wildman–Crippen MR) is 117 cm³/mol. The third-order valence-electron chi connectivity index (χ3n) is 6.13. The van der Waals surface area contributed by atoms with Crippen LogP contribution >= 0.6 is 11.3 Å². The maximum absolute atomic E-state index is 13.4. The summed E-state index contributed by atoms with van der Waals surface area (Å²) in [7, 11) is 0. The van der Waals surface area contributed by atoms with Crippen LogP contribution in [0.3, 0.4) is 0 Å². The van der Waals surface area contributed by atoms with Crippen LogP contribution in [0, 0.1) is 0 Å². The number of carbonyl (C=O) groups is 2. The van der Waals surface area contributed by atoms with Crippen molar-refractivity contribution in [3.8, 4) is 0 Å². The zero-order valence-corrected chi connectivity index (χ0v) is 18.0. The number of hydrogen-bond donors (Lipinski definition) is 0. The fourth-order valence-electron chi connectivity index (χ4n) is 4.54. The number of nitrogens with zero attached hydrogens (tertiary/aromatic N) is 2. The Morgan fingerprint density at radius 3 is 2.69 bits per heavy atom. The summed E-state index contributed by atoms with van der Waals surface area (Å²) in [5.41, 5.74) is 1.13. The van der Waals surface area contributed by atoms with Gasteiger partial charge in [0.2, 0.25) is 5.91 Å². The zero-order chi connectivity index (χ0) is 20.2. The molecule has 0 bridgehead atoms. The van der Waals surface area contributed by atoms with Crippen LogP contribution in [0.1, 0.15) is 54.3 Å². The number of likely N-dealkylation sites (tertiary alicyclic amines) is 1. The molecule has 3 heterocycles. The highest BCUT2D eigenvalue weighted by atomic mass is 32.1. The van der Waals surface area contributed by atoms with Gasteiger partial charge in [0, 0.05) is 36.8 Å². The van der Waals surface area contributed by atoms with Crippen molar-refractivity contribution < 1.29 is 14.3 Å². The Hall–Kier alpha value is -1.92. The molecule has 2 saturated heterocycles. The number of hydrogen-bond acceptors (Lipinski definition) is 4. The molecule has 1 aromatic carbocycles. The Bertz CT molecular complexity index is 872. The molecule has 2 aliphatic rings. The lowest BCUT2D eigenvalue weighted by Gasteiger charge is -2.31. The summed E-state index contributed by atoms with van der Waals surface area (Å²) in [6, 6.07) is 8.48. The van der Waals surface area contributed by atoms with Crippen LogP contribution in [-0.2, 0) is 16.0 Å². The quantitative estimate of drug-likeness (QED) is 0.757. The van der Waals surface area contributed by atoms with Gasteiger partial charge in [0.1, 0.15) is 0 Å². The summed E-state index contributed by atoms with van der Waals surface area (Å²) in [6.45, 7) is 5.29. The first-order valence-electron chi connectivity index (χ1n) is 10.9. The number of benzene rings is 1. The minimum absolute atomic E-state index is 0.117. The summed E-state index contributed by atoms with van der Waals surface area (Å²) in [4.78, 5) is 30.8. The van der Waals surface area contributed by atoms with Gasteiger partial charge in [-0.3, -0.25) is 9.59 Å². The van der Waals surface area contributed by atoms with Gasteiger partial charge in [-0.15, -0.1) is 11.3 Å². The fourth-order valence-corrected chi connectivity index (χ4v) is 5.74. The monoisotopic (exact) mass is 414 g/mol. The van der Waals surface area contributed by atoms with E-state index in [0.717, 1.165) is 47.4 Å². The van der Waals surface area contributed by atoms with Gasteiger partial charge >= 0.3 is 0 Å². The molecule has 0 radical (unpaired) electrons. The SMILES string of the molecule is CCC(=O)N1CCCCC[C@H]1Cc1c(C(=O)N2CCOCC2)sc2ccccc12. The molecule has 2 aromatic rings. The molecule has 6 heteroatoms. The highest BCUT2D eigenvalue weighted by Gasteiger charge is 2.30. The second kappa shape index (κ2) is 9.26. The van der Waals surface area contributed by atoms with E-state index in [1.807, 2.05) is 24.0 Å². The number of amides is 2. The van der Waals surface area contributed by atoms with E-state index in [4.69, 9.17) is 4.74 Å². The predicted octanol–water partition coefficient (Wildman–Crippen LogP) is 4.10. The van der Waals surface area contributed by atoms with E-state index in [9.17, 15) is 9.59 Å². The van der Waals surface area contributed by atoms with E-state index in [2.05, 4.69) is 17.0 Å². The number of fused-ring (bicyclic) bond motifs is 1. The molecule has 0 unspecified atom stereocenters. The normalized spacial score (nSPS) is 20.7. The lowest BCUT2D eigenvalue weighted by molar-refractivity contribution is -0.133. The second-order valence-electron chi connectivity index (χ2n) is 7.96. The molecule has 5 nitrogen and oxygen atoms in total. The zero-order valence-electron chi connectivity index (χ0n) is 17.2. The van der Waals surface area contributed by atoms with E-state index in [1.165, 1.54) is 11.8 Å². The van der Waals surface area contributed by atoms with Gasteiger partial charge in [-0.2, -0.15) is 0 Å². The van der Waals surface area contributed by atoms with Crippen LogP contribution < -0.4 is 0 Å². The van der Waals surface area contributed by atoms with Gasteiger partial charge in [0.05, 0.1) is 18.1 Å². The molecule has 0 saturated carbocycles. The highest BCUT2D eigenvalue weighted by molar-refractivity contribution is 7.21. The highest BCUT2D eigenvalue weighted by Crippen LogP contribution is 2.35. The molecule has 1 atom stereocenters. The van der Waals surface area contributed by atoms with Crippen molar-refractivity contribution in [1.29, 1.82) is 0 Å². The Kier molecular flexibility index (Phi) is 6.50. The minimum Gasteiger partial charge on any atom is -0.378 e. The fraction of sp³-hybridized carbons (Fsp3) is 0.565. The Morgan fingerprint density at radius 2 is 1.90 bits per heavy atom. The largest absolute Gasteiger partial charge is 0.378 e. The molecule has 1 aromatic heterocycles. The van der Waals surface area contributed by atoms with Crippen molar-refractivity contribution in [2.24, 2.45) is 0 Å². The Labute approximate surface area is 176 Å². The molecule has 2 amide bonds. The molecule has 29 heavy (non-hydrogen) atoms. The minimum atomic E-state index is 0.117.